The second-order valence-electron chi connectivity index (χ2n) is 3.01. The Morgan fingerprint density at radius 1 is 1.40 bits per heavy atom. The SMILES string of the molecule is CCc1ccc(OC(=O)OC(C)F)cc1. The fourth-order valence-electron chi connectivity index (χ4n) is 1.05. The summed E-state index contributed by atoms with van der Waals surface area (Å²) in [6.07, 6.45) is -1.78. The van der Waals surface area contributed by atoms with Crippen LogP contribution in [-0.4, -0.2) is 12.5 Å². The van der Waals surface area contributed by atoms with Crippen LogP contribution in [0, 0.1) is 0 Å². The van der Waals surface area contributed by atoms with E-state index < -0.39 is 12.5 Å². The van der Waals surface area contributed by atoms with Gasteiger partial charge in [-0.2, -0.15) is 0 Å². The van der Waals surface area contributed by atoms with Gasteiger partial charge in [0, 0.05) is 6.92 Å². The lowest BCUT2D eigenvalue weighted by molar-refractivity contribution is 0.00195. The molecule has 0 heterocycles. The van der Waals surface area contributed by atoms with E-state index in [0.29, 0.717) is 5.75 Å². The van der Waals surface area contributed by atoms with Gasteiger partial charge in [0.25, 0.3) is 0 Å². The maximum atomic E-state index is 12.3. The van der Waals surface area contributed by atoms with E-state index in [-0.39, 0.29) is 0 Å². The van der Waals surface area contributed by atoms with Crippen LogP contribution in [0.25, 0.3) is 0 Å². The molecule has 0 aromatic heterocycles. The van der Waals surface area contributed by atoms with Crippen LogP contribution in [-0.2, 0) is 11.2 Å². The molecule has 0 amide bonds. The Bertz CT molecular complexity index is 319. The van der Waals surface area contributed by atoms with Gasteiger partial charge in [0.2, 0.25) is 6.36 Å². The van der Waals surface area contributed by atoms with Gasteiger partial charge in [-0.1, -0.05) is 19.1 Å². The normalized spacial score (nSPS) is 11.9. The van der Waals surface area contributed by atoms with Crippen molar-refractivity contribution in [1.29, 1.82) is 0 Å². The number of hydrogen-bond acceptors (Lipinski definition) is 3. The molecular weight excluding hydrogens is 199 g/mol. The molecule has 1 rings (SSSR count). The van der Waals surface area contributed by atoms with Crippen molar-refractivity contribution in [1.82, 2.24) is 0 Å². The topological polar surface area (TPSA) is 35.5 Å². The second-order valence-corrected chi connectivity index (χ2v) is 3.01. The van der Waals surface area contributed by atoms with Gasteiger partial charge in [-0.05, 0) is 24.1 Å². The molecule has 0 bridgehead atoms. The molecule has 0 saturated heterocycles. The highest BCUT2D eigenvalue weighted by Crippen LogP contribution is 2.13. The van der Waals surface area contributed by atoms with Crippen LogP contribution < -0.4 is 4.74 Å². The van der Waals surface area contributed by atoms with E-state index in [1.165, 1.54) is 0 Å². The van der Waals surface area contributed by atoms with Gasteiger partial charge in [0.05, 0.1) is 0 Å². The summed E-state index contributed by atoms with van der Waals surface area (Å²) >= 11 is 0. The van der Waals surface area contributed by atoms with Gasteiger partial charge in [0.15, 0.2) is 0 Å². The van der Waals surface area contributed by atoms with Gasteiger partial charge in [-0.15, -0.1) is 0 Å². The van der Waals surface area contributed by atoms with Gasteiger partial charge < -0.3 is 9.47 Å². The van der Waals surface area contributed by atoms with Crippen molar-refractivity contribution in [3.8, 4) is 5.75 Å². The zero-order valence-electron chi connectivity index (χ0n) is 8.70. The van der Waals surface area contributed by atoms with Crippen LogP contribution in [0.5, 0.6) is 5.75 Å². The minimum atomic E-state index is -1.66. The maximum absolute atomic E-state index is 12.3. The van der Waals surface area contributed by atoms with Crippen molar-refractivity contribution in [3.05, 3.63) is 29.8 Å². The van der Waals surface area contributed by atoms with E-state index in [2.05, 4.69) is 4.74 Å². The summed E-state index contributed by atoms with van der Waals surface area (Å²) in [5.74, 6) is 0.345. The molecule has 1 unspecified atom stereocenters. The number of hydrogen-bond donors (Lipinski definition) is 0. The molecule has 0 spiro atoms. The Balaban J connectivity index is 2.53. The number of halogens is 1. The average Bonchev–Trinajstić information content (AvgIpc) is 2.17. The quantitative estimate of drug-likeness (QED) is 0.570. The number of ether oxygens (including phenoxy) is 2. The molecule has 1 aromatic rings. The summed E-state index contributed by atoms with van der Waals surface area (Å²) in [5.41, 5.74) is 1.13. The van der Waals surface area contributed by atoms with Gasteiger partial charge in [-0.3, -0.25) is 0 Å². The monoisotopic (exact) mass is 212 g/mol. The minimum Gasteiger partial charge on any atom is -0.400 e. The fraction of sp³-hybridized carbons (Fsp3) is 0.364. The lowest BCUT2D eigenvalue weighted by Gasteiger charge is -2.06. The van der Waals surface area contributed by atoms with Crippen molar-refractivity contribution in [2.24, 2.45) is 0 Å². The van der Waals surface area contributed by atoms with E-state index >= 15 is 0 Å². The third-order valence-corrected chi connectivity index (χ3v) is 1.79. The van der Waals surface area contributed by atoms with E-state index in [9.17, 15) is 9.18 Å². The predicted octanol–water partition coefficient (Wildman–Crippen LogP) is 3.08. The highest BCUT2D eigenvalue weighted by atomic mass is 19.1. The van der Waals surface area contributed by atoms with Crippen LogP contribution in [0.1, 0.15) is 19.4 Å². The van der Waals surface area contributed by atoms with Gasteiger partial charge in [0.1, 0.15) is 5.75 Å². The van der Waals surface area contributed by atoms with E-state index in [1.807, 2.05) is 19.1 Å². The lowest BCUT2D eigenvalue weighted by Crippen LogP contribution is -2.14. The first-order valence-corrected chi connectivity index (χ1v) is 4.73. The second kappa shape index (κ2) is 5.34. The van der Waals surface area contributed by atoms with Crippen LogP contribution in [0.2, 0.25) is 0 Å². The number of carbonyl (C=O) groups excluding carboxylic acids is 1. The first-order chi connectivity index (χ1) is 7.11. The Kier molecular flexibility index (Phi) is 4.09. The molecule has 4 heteroatoms. The molecule has 0 aliphatic heterocycles. The largest absolute Gasteiger partial charge is 0.516 e. The Hall–Kier alpha value is -1.58. The van der Waals surface area contributed by atoms with Crippen LogP contribution in [0.4, 0.5) is 9.18 Å². The number of alkyl halides is 1. The average molecular weight is 212 g/mol. The summed E-state index contributed by atoms with van der Waals surface area (Å²) in [6.45, 7) is 3.14. The first kappa shape index (κ1) is 11.5. The summed E-state index contributed by atoms with van der Waals surface area (Å²) < 4.78 is 21.2. The maximum Gasteiger partial charge on any atom is 0.516 e. The minimum absolute atomic E-state index is 0.345. The molecular formula is C11H13FO3. The fourth-order valence-corrected chi connectivity index (χ4v) is 1.05. The third-order valence-electron chi connectivity index (χ3n) is 1.79. The molecule has 0 radical (unpaired) electrons. The van der Waals surface area contributed by atoms with Crippen molar-refractivity contribution in [3.63, 3.8) is 0 Å². The van der Waals surface area contributed by atoms with Crippen LogP contribution >= 0.6 is 0 Å². The zero-order valence-corrected chi connectivity index (χ0v) is 8.70. The molecule has 0 aliphatic rings. The predicted molar refractivity (Wildman–Crippen MR) is 53.5 cm³/mol. The van der Waals surface area contributed by atoms with Gasteiger partial charge >= 0.3 is 6.16 Å². The summed E-state index contributed by atoms with van der Waals surface area (Å²) in [6, 6.07) is 6.95. The standard InChI is InChI=1S/C11H13FO3/c1-3-9-4-6-10(7-5-9)15-11(13)14-8(2)12/h4-8H,3H2,1-2H3. The van der Waals surface area contributed by atoms with E-state index in [4.69, 9.17) is 4.74 Å². The summed E-state index contributed by atoms with van der Waals surface area (Å²) in [5, 5.41) is 0. The molecule has 0 saturated carbocycles. The first-order valence-electron chi connectivity index (χ1n) is 4.73. The highest BCUT2D eigenvalue weighted by molar-refractivity contribution is 5.63. The van der Waals surface area contributed by atoms with Gasteiger partial charge in [-0.25, -0.2) is 9.18 Å². The molecule has 0 fully saturated rings. The van der Waals surface area contributed by atoms with Crippen molar-refractivity contribution in [2.75, 3.05) is 0 Å². The Morgan fingerprint density at radius 3 is 2.47 bits per heavy atom. The highest BCUT2D eigenvalue weighted by Gasteiger charge is 2.09. The molecule has 82 valence electrons. The summed E-state index contributed by atoms with van der Waals surface area (Å²) in [4.78, 5) is 10.9. The molecule has 0 aliphatic carbocycles. The molecule has 3 nitrogen and oxygen atoms in total. The molecule has 1 aromatic carbocycles. The number of aryl methyl sites for hydroxylation is 1. The van der Waals surface area contributed by atoms with Crippen LogP contribution in [0.3, 0.4) is 0 Å². The number of rotatable bonds is 3. The number of carbonyl (C=O) groups is 1. The Morgan fingerprint density at radius 2 is 2.00 bits per heavy atom. The van der Waals surface area contributed by atoms with E-state index in [1.54, 1.807) is 12.1 Å². The smallest absolute Gasteiger partial charge is 0.400 e. The molecule has 1 atom stereocenters. The lowest BCUT2D eigenvalue weighted by atomic mass is 10.2. The van der Waals surface area contributed by atoms with Crippen LogP contribution in [0.15, 0.2) is 24.3 Å². The third kappa shape index (κ3) is 3.97. The van der Waals surface area contributed by atoms with Crippen molar-refractivity contribution >= 4 is 6.16 Å². The molecule has 0 N–H and O–H groups in total. The Labute approximate surface area is 87.8 Å². The van der Waals surface area contributed by atoms with Crippen molar-refractivity contribution < 1.29 is 18.7 Å². The van der Waals surface area contributed by atoms with Crippen molar-refractivity contribution in [2.45, 2.75) is 26.6 Å². The van der Waals surface area contributed by atoms with E-state index in [0.717, 1.165) is 18.9 Å². The number of benzene rings is 1. The summed E-state index contributed by atoms with van der Waals surface area (Å²) in [7, 11) is 0. The molecule has 15 heavy (non-hydrogen) atoms. The zero-order chi connectivity index (χ0) is 11.3.